The van der Waals surface area contributed by atoms with Crippen molar-refractivity contribution < 1.29 is 22.7 Å². The van der Waals surface area contributed by atoms with Gasteiger partial charge < -0.3 is 15.0 Å². The van der Waals surface area contributed by atoms with E-state index in [2.05, 4.69) is 36.8 Å². The fourth-order valence-corrected chi connectivity index (χ4v) is 4.34. The number of ether oxygens (including phenoxy) is 1. The third-order valence-corrected chi connectivity index (χ3v) is 6.18. The van der Waals surface area contributed by atoms with Gasteiger partial charge in [-0.2, -0.15) is 0 Å². The predicted octanol–water partition coefficient (Wildman–Crippen LogP) is 4.54. The number of pyridine rings is 1. The maximum atomic E-state index is 12.8. The molecule has 2 fully saturated rings. The van der Waals surface area contributed by atoms with Crippen LogP contribution in [0.25, 0.3) is 11.1 Å². The van der Waals surface area contributed by atoms with Crippen LogP contribution in [0.5, 0.6) is 5.75 Å². The number of benzene rings is 1. The van der Waals surface area contributed by atoms with Gasteiger partial charge in [0.15, 0.2) is 0 Å². The number of hydrogen-bond donors (Lipinski definition) is 1. The number of nitrogens with one attached hydrogen (secondary N) is 1. The van der Waals surface area contributed by atoms with Crippen LogP contribution in [0.3, 0.4) is 0 Å². The van der Waals surface area contributed by atoms with E-state index in [0.29, 0.717) is 22.6 Å². The van der Waals surface area contributed by atoms with Gasteiger partial charge in [-0.1, -0.05) is 6.92 Å². The van der Waals surface area contributed by atoms with Crippen LogP contribution in [0.1, 0.15) is 23.7 Å². The van der Waals surface area contributed by atoms with Crippen molar-refractivity contribution in [3.05, 3.63) is 60.8 Å². The SMILES string of the molecule is CC12CC1CN(c1ncc(C(=O)Nc3ccc(OC(F)(F)F)cc3)cc1-c1cncnc1)C2. The minimum Gasteiger partial charge on any atom is -0.406 e. The Hall–Kier alpha value is -3.69. The van der Waals surface area contributed by atoms with E-state index in [4.69, 9.17) is 0 Å². The summed E-state index contributed by atoms with van der Waals surface area (Å²) in [5, 5.41) is 2.68. The van der Waals surface area contributed by atoms with Crippen LogP contribution in [-0.2, 0) is 0 Å². The molecule has 1 saturated heterocycles. The number of fused-ring (bicyclic) bond motifs is 1. The van der Waals surface area contributed by atoms with E-state index in [9.17, 15) is 18.0 Å². The van der Waals surface area contributed by atoms with Gasteiger partial charge in [0, 0.05) is 48.5 Å². The summed E-state index contributed by atoms with van der Waals surface area (Å²) in [6, 6.07) is 6.69. The molecule has 5 rings (SSSR count). The van der Waals surface area contributed by atoms with Crippen LogP contribution in [0.4, 0.5) is 24.7 Å². The fraction of sp³-hybridized carbons (Fsp3) is 0.304. The molecule has 1 saturated carbocycles. The van der Waals surface area contributed by atoms with Gasteiger partial charge in [-0.05, 0) is 48.1 Å². The molecule has 1 aliphatic carbocycles. The van der Waals surface area contributed by atoms with Gasteiger partial charge in [0.1, 0.15) is 17.9 Å². The number of alkyl halides is 3. The standard InChI is InChI=1S/C23H20F3N5O2/c1-22-7-16(22)11-31(12-22)20-19(15-8-27-13-28-9-15)6-14(10-29-20)21(32)30-17-2-4-18(5-3-17)33-23(24,25)26/h2-6,8-10,13,16H,7,11-12H2,1H3,(H,30,32). The summed E-state index contributed by atoms with van der Waals surface area (Å²) in [7, 11) is 0. The van der Waals surface area contributed by atoms with Gasteiger partial charge in [0.05, 0.1) is 5.56 Å². The predicted molar refractivity (Wildman–Crippen MR) is 115 cm³/mol. The van der Waals surface area contributed by atoms with Gasteiger partial charge >= 0.3 is 6.36 Å². The van der Waals surface area contributed by atoms with Crippen molar-refractivity contribution >= 4 is 17.4 Å². The van der Waals surface area contributed by atoms with Crippen molar-refractivity contribution in [3.8, 4) is 16.9 Å². The Balaban J connectivity index is 1.39. The molecule has 0 spiro atoms. The Morgan fingerprint density at radius 2 is 1.91 bits per heavy atom. The van der Waals surface area contributed by atoms with Gasteiger partial charge in [-0.15, -0.1) is 13.2 Å². The molecule has 2 atom stereocenters. The topological polar surface area (TPSA) is 80.2 Å². The van der Waals surface area contributed by atoms with E-state index in [0.717, 1.165) is 42.2 Å². The van der Waals surface area contributed by atoms with E-state index in [1.165, 1.54) is 31.1 Å². The van der Waals surface area contributed by atoms with Crippen molar-refractivity contribution in [3.63, 3.8) is 0 Å². The maximum absolute atomic E-state index is 12.8. The van der Waals surface area contributed by atoms with Crippen molar-refractivity contribution in [2.45, 2.75) is 19.7 Å². The number of nitrogens with zero attached hydrogens (tertiary/aromatic N) is 4. The number of aromatic nitrogens is 3. The zero-order valence-electron chi connectivity index (χ0n) is 17.6. The lowest BCUT2D eigenvalue weighted by Gasteiger charge is -2.23. The Morgan fingerprint density at radius 1 is 1.18 bits per heavy atom. The number of anilines is 2. The monoisotopic (exact) mass is 455 g/mol. The largest absolute Gasteiger partial charge is 0.573 e. The van der Waals surface area contributed by atoms with E-state index < -0.39 is 12.3 Å². The Bertz CT molecular complexity index is 1190. The molecule has 2 aliphatic rings. The molecule has 10 heteroatoms. The van der Waals surface area contributed by atoms with Crippen molar-refractivity contribution in [1.29, 1.82) is 0 Å². The molecule has 3 heterocycles. The molecule has 1 N–H and O–H groups in total. The maximum Gasteiger partial charge on any atom is 0.573 e. The molecule has 1 aromatic carbocycles. The van der Waals surface area contributed by atoms with Crippen LogP contribution in [-0.4, -0.2) is 40.3 Å². The first-order valence-electron chi connectivity index (χ1n) is 10.4. The summed E-state index contributed by atoms with van der Waals surface area (Å²) in [6.45, 7) is 4.10. The van der Waals surface area contributed by atoms with Crippen LogP contribution < -0.4 is 15.0 Å². The molecular formula is C23H20F3N5O2. The average molecular weight is 455 g/mol. The molecule has 3 aromatic rings. The van der Waals surface area contributed by atoms with E-state index in [1.807, 2.05) is 0 Å². The lowest BCUT2D eigenvalue weighted by Crippen LogP contribution is -2.25. The first-order chi connectivity index (χ1) is 15.7. The number of halogens is 3. The molecule has 33 heavy (non-hydrogen) atoms. The molecule has 2 unspecified atom stereocenters. The van der Waals surface area contributed by atoms with Crippen molar-refractivity contribution in [2.75, 3.05) is 23.3 Å². The summed E-state index contributed by atoms with van der Waals surface area (Å²) in [6.07, 6.45) is 2.74. The highest BCUT2D eigenvalue weighted by atomic mass is 19.4. The fourth-order valence-electron chi connectivity index (χ4n) is 4.34. The van der Waals surface area contributed by atoms with E-state index >= 15 is 0 Å². The highest BCUT2D eigenvalue weighted by Crippen LogP contribution is 2.58. The molecule has 1 aliphatic heterocycles. The molecular weight excluding hydrogens is 435 g/mol. The summed E-state index contributed by atoms with van der Waals surface area (Å²) < 4.78 is 40.8. The zero-order valence-corrected chi connectivity index (χ0v) is 17.6. The van der Waals surface area contributed by atoms with E-state index in [1.54, 1.807) is 18.5 Å². The number of piperidine rings is 1. The first-order valence-corrected chi connectivity index (χ1v) is 10.4. The average Bonchev–Trinajstić information content (AvgIpc) is 3.30. The summed E-state index contributed by atoms with van der Waals surface area (Å²) in [4.78, 5) is 27.9. The third kappa shape index (κ3) is 4.46. The Kier molecular flexibility index (Phi) is 4.95. The van der Waals surface area contributed by atoms with Gasteiger partial charge in [0.25, 0.3) is 5.91 Å². The summed E-state index contributed by atoms with van der Waals surface area (Å²) in [5.74, 6) is 0.637. The number of amides is 1. The first kappa shape index (κ1) is 21.2. The second-order valence-corrected chi connectivity index (χ2v) is 8.68. The number of carbonyl (C=O) groups is 1. The molecule has 170 valence electrons. The lowest BCUT2D eigenvalue weighted by atomic mass is 10.1. The van der Waals surface area contributed by atoms with Crippen molar-refractivity contribution in [1.82, 2.24) is 15.0 Å². The Labute approximate surface area is 187 Å². The number of rotatable bonds is 5. The lowest BCUT2D eigenvalue weighted by molar-refractivity contribution is -0.274. The Morgan fingerprint density at radius 3 is 2.55 bits per heavy atom. The second-order valence-electron chi connectivity index (χ2n) is 8.68. The van der Waals surface area contributed by atoms with Crippen LogP contribution >= 0.6 is 0 Å². The molecule has 0 radical (unpaired) electrons. The summed E-state index contributed by atoms with van der Waals surface area (Å²) >= 11 is 0. The second kappa shape index (κ2) is 7.72. The van der Waals surface area contributed by atoms with Gasteiger partial charge in [-0.3, -0.25) is 4.79 Å². The molecule has 1 amide bonds. The number of hydrogen-bond acceptors (Lipinski definition) is 6. The van der Waals surface area contributed by atoms with E-state index in [-0.39, 0.29) is 5.75 Å². The number of carbonyl (C=O) groups excluding carboxylic acids is 1. The van der Waals surface area contributed by atoms with Crippen molar-refractivity contribution in [2.24, 2.45) is 11.3 Å². The highest BCUT2D eigenvalue weighted by Gasteiger charge is 2.56. The molecule has 0 bridgehead atoms. The zero-order chi connectivity index (χ0) is 23.2. The van der Waals surface area contributed by atoms with Crippen LogP contribution in [0.15, 0.2) is 55.2 Å². The minimum absolute atomic E-state index is 0.309. The minimum atomic E-state index is -4.77. The molecule has 2 aromatic heterocycles. The quantitative estimate of drug-likeness (QED) is 0.609. The highest BCUT2D eigenvalue weighted by molar-refractivity contribution is 6.05. The smallest absolute Gasteiger partial charge is 0.406 e. The molecule has 7 nitrogen and oxygen atoms in total. The van der Waals surface area contributed by atoms with Crippen LogP contribution in [0.2, 0.25) is 0 Å². The van der Waals surface area contributed by atoms with Gasteiger partial charge in [0.2, 0.25) is 0 Å². The third-order valence-electron chi connectivity index (χ3n) is 6.18. The van der Waals surface area contributed by atoms with Crippen LogP contribution in [0, 0.1) is 11.3 Å². The summed E-state index contributed by atoms with van der Waals surface area (Å²) in [5.41, 5.74) is 2.46. The normalized spacial score (nSPS) is 21.5. The van der Waals surface area contributed by atoms with Gasteiger partial charge in [-0.25, -0.2) is 15.0 Å².